The molecule has 12 heavy (non-hydrogen) atoms. The van der Waals surface area contributed by atoms with Crippen LogP contribution in [0, 0.1) is 0 Å². The van der Waals surface area contributed by atoms with Crippen LogP contribution in [-0.2, 0) is 6.61 Å². The molecule has 1 aromatic rings. The lowest BCUT2D eigenvalue weighted by molar-refractivity contribution is 0.0997. The number of nitrogen functional groups attached to an aromatic ring is 1. The van der Waals surface area contributed by atoms with E-state index in [-0.39, 0.29) is 12.2 Å². The van der Waals surface area contributed by atoms with Gasteiger partial charge in [-0.05, 0) is 12.1 Å². The summed E-state index contributed by atoms with van der Waals surface area (Å²) < 4.78 is 0. The fourth-order valence-corrected chi connectivity index (χ4v) is 1.01. The van der Waals surface area contributed by atoms with Crippen LogP contribution in [0.2, 0.25) is 0 Å². The minimum Gasteiger partial charge on any atom is -0.398 e. The van der Waals surface area contributed by atoms with Crippen LogP contribution in [0.1, 0.15) is 15.9 Å². The zero-order chi connectivity index (χ0) is 9.14. The summed E-state index contributed by atoms with van der Waals surface area (Å²) in [4.78, 5) is 10.8. The van der Waals surface area contributed by atoms with Gasteiger partial charge in [-0.25, -0.2) is 0 Å². The van der Waals surface area contributed by atoms with Crippen LogP contribution in [0.5, 0.6) is 0 Å². The molecule has 64 valence electrons. The normalized spacial score (nSPS) is 9.75. The van der Waals surface area contributed by atoms with E-state index in [4.69, 9.17) is 16.6 Å². The van der Waals surface area contributed by atoms with Crippen molar-refractivity contribution in [2.45, 2.75) is 6.61 Å². The second kappa shape index (κ2) is 3.23. The van der Waals surface area contributed by atoms with E-state index in [1.807, 2.05) is 0 Å². The number of benzene rings is 1. The standard InChI is InChI=1S/C8H10N2O2/c9-7-3-1-2-5(8(10)12)6(7)4-11/h1-3,11H,4,9H2,(H2,10,12). The summed E-state index contributed by atoms with van der Waals surface area (Å²) in [5, 5.41) is 8.86. The van der Waals surface area contributed by atoms with Crippen LogP contribution in [0.3, 0.4) is 0 Å². The number of aliphatic hydroxyl groups excluding tert-OH is 1. The second-order valence-corrected chi connectivity index (χ2v) is 2.40. The summed E-state index contributed by atoms with van der Waals surface area (Å²) in [5.74, 6) is -0.577. The first-order chi connectivity index (χ1) is 5.66. The van der Waals surface area contributed by atoms with Crippen LogP contribution >= 0.6 is 0 Å². The Kier molecular flexibility index (Phi) is 2.30. The highest BCUT2D eigenvalue weighted by molar-refractivity contribution is 5.95. The molecule has 5 N–H and O–H groups in total. The van der Waals surface area contributed by atoms with Gasteiger partial charge in [0.05, 0.1) is 6.61 Å². The molecule has 1 amide bonds. The van der Waals surface area contributed by atoms with Crippen molar-refractivity contribution in [1.29, 1.82) is 0 Å². The highest BCUT2D eigenvalue weighted by Crippen LogP contribution is 2.15. The summed E-state index contributed by atoms with van der Waals surface area (Å²) in [6.45, 7) is -0.273. The average molecular weight is 166 g/mol. The van der Waals surface area contributed by atoms with Crippen LogP contribution in [0.4, 0.5) is 5.69 Å². The molecule has 0 bridgehead atoms. The monoisotopic (exact) mass is 166 g/mol. The molecule has 0 unspecified atom stereocenters. The van der Waals surface area contributed by atoms with Gasteiger partial charge in [0.15, 0.2) is 0 Å². The molecule has 0 fully saturated rings. The SMILES string of the molecule is NC(=O)c1cccc(N)c1CO. The first-order valence-electron chi connectivity index (χ1n) is 3.45. The Balaban J connectivity index is 3.27. The number of nitrogens with two attached hydrogens (primary N) is 2. The van der Waals surface area contributed by atoms with E-state index in [1.165, 1.54) is 6.07 Å². The quantitative estimate of drug-likeness (QED) is 0.534. The van der Waals surface area contributed by atoms with Gasteiger partial charge < -0.3 is 16.6 Å². The van der Waals surface area contributed by atoms with Crippen molar-refractivity contribution in [3.05, 3.63) is 29.3 Å². The lowest BCUT2D eigenvalue weighted by Gasteiger charge is -2.05. The van der Waals surface area contributed by atoms with Gasteiger partial charge in [0.25, 0.3) is 0 Å². The molecule has 0 aliphatic carbocycles. The molecule has 1 aromatic carbocycles. The van der Waals surface area contributed by atoms with Crippen molar-refractivity contribution in [2.24, 2.45) is 5.73 Å². The fraction of sp³-hybridized carbons (Fsp3) is 0.125. The minimum atomic E-state index is -0.577. The largest absolute Gasteiger partial charge is 0.398 e. The molecule has 4 heteroatoms. The first kappa shape index (κ1) is 8.55. The molecular formula is C8H10N2O2. The Labute approximate surface area is 69.8 Å². The summed E-state index contributed by atoms with van der Waals surface area (Å²) >= 11 is 0. The average Bonchev–Trinajstić information content (AvgIpc) is 2.03. The Morgan fingerprint density at radius 3 is 2.58 bits per heavy atom. The van der Waals surface area contributed by atoms with Crippen molar-refractivity contribution in [2.75, 3.05) is 5.73 Å². The van der Waals surface area contributed by atoms with Gasteiger partial charge in [0, 0.05) is 16.8 Å². The Hall–Kier alpha value is -1.55. The van der Waals surface area contributed by atoms with Gasteiger partial charge in [-0.1, -0.05) is 6.07 Å². The number of amides is 1. The summed E-state index contributed by atoms with van der Waals surface area (Å²) in [6.07, 6.45) is 0. The molecule has 0 saturated carbocycles. The number of carbonyl (C=O) groups excluding carboxylic acids is 1. The number of aliphatic hydroxyl groups is 1. The topological polar surface area (TPSA) is 89.3 Å². The van der Waals surface area contributed by atoms with E-state index < -0.39 is 5.91 Å². The minimum absolute atomic E-state index is 0.273. The van der Waals surface area contributed by atoms with Crippen molar-refractivity contribution in [1.82, 2.24) is 0 Å². The number of rotatable bonds is 2. The van der Waals surface area contributed by atoms with Crippen molar-refractivity contribution in [3.8, 4) is 0 Å². The van der Waals surface area contributed by atoms with Gasteiger partial charge in [0.1, 0.15) is 0 Å². The van der Waals surface area contributed by atoms with Crippen LogP contribution in [0.15, 0.2) is 18.2 Å². The smallest absolute Gasteiger partial charge is 0.249 e. The third kappa shape index (κ3) is 1.38. The van der Waals surface area contributed by atoms with E-state index in [9.17, 15) is 4.79 Å². The predicted molar refractivity (Wildman–Crippen MR) is 45.3 cm³/mol. The molecule has 0 heterocycles. The zero-order valence-corrected chi connectivity index (χ0v) is 6.45. The molecule has 0 aliphatic heterocycles. The van der Waals surface area contributed by atoms with Crippen LogP contribution < -0.4 is 11.5 Å². The van der Waals surface area contributed by atoms with E-state index >= 15 is 0 Å². The number of anilines is 1. The molecule has 0 aromatic heterocycles. The summed E-state index contributed by atoms with van der Waals surface area (Å²) in [6, 6.07) is 4.76. The lowest BCUT2D eigenvalue weighted by atomic mass is 10.1. The highest BCUT2D eigenvalue weighted by Gasteiger charge is 2.08. The van der Waals surface area contributed by atoms with Crippen molar-refractivity contribution in [3.63, 3.8) is 0 Å². The summed E-state index contributed by atoms with van der Waals surface area (Å²) in [5.41, 5.74) is 11.6. The van der Waals surface area contributed by atoms with E-state index in [0.29, 0.717) is 11.3 Å². The third-order valence-corrected chi connectivity index (χ3v) is 1.64. The van der Waals surface area contributed by atoms with Crippen LogP contribution in [0.25, 0.3) is 0 Å². The Bertz CT molecular complexity index is 310. The first-order valence-corrected chi connectivity index (χ1v) is 3.45. The van der Waals surface area contributed by atoms with Gasteiger partial charge in [-0.15, -0.1) is 0 Å². The maximum atomic E-state index is 10.8. The maximum absolute atomic E-state index is 10.8. The van der Waals surface area contributed by atoms with Gasteiger partial charge >= 0.3 is 0 Å². The third-order valence-electron chi connectivity index (χ3n) is 1.64. The molecule has 0 radical (unpaired) electrons. The molecular weight excluding hydrogens is 156 g/mol. The van der Waals surface area contributed by atoms with E-state index in [1.54, 1.807) is 12.1 Å². The van der Waals surface area contributed by atoms with Crippen LogP contribution in [-0.4, -0.2) is 11.0 Å². The molecule has 1 rings (SSSR count). The highest BCUT2D eigenvalue weighted by atomic mass is 16.3. The molecule has 0 spiro atoms. The van der Waals surface area contributed by atoms with E-state index in [2.05, 4.69) is 0 Å². The second-order valence-electron chi connectivity index (χ2n) is 2.40. The summed E-state index contributed by atoms with van der Waals surface area (Å²) in [7, 11) is 0. The predicted octanol–water partition coefficient (Wildman–Crippen LogP) is -0.140. The molecule has 0 saturated heterocycles. The van der Waals surface area contributed by atoms with Gasteiger partial charge in [0.2, 0.25) is 5.91 Å². The number of primary amides is 1. The molecule has 0 atom stereocenters. The Morgan fingerprint density at radius 2 is 2.17 bits per heavy atom. The molecule has 4 nitrogen and oxygen atoms in total. The van der Waals surface area contributed by atoms with E-state index in [0.717, 1.165) is 0 Å². The fourth-order valence-electron chi connectivity index (χ4n) is 1.01. The maximum Gasteiger partial charge on any atom is 0.249 e. The van der Waals surface area contributed by atoms with Gasteiger partial charge in [-0.2, -0.15) is 0 Å². The van der Waals surface area contributed by atoms with Crippen molar-refractivity contribution < 1.29 is 9.90 Å². The van der Waals surface area contributed by atoms with Gasteiger partial charge in [-0.3, -0.25) is 4.79 Å². The Morgan fingerprint density at radius 1 is 1.50 bits per heavy atom. The number of hydrogen-bond acceptors (Lipinski definition) is 3. The lowest BCUT2D eigenvalue weighted by Crippen LogP contribution is -2.14. The zero-order valence-electron chi connectivity index (χ0n) is 6.45. The molecule has 0 aliphatic rings. The van der Waals surface area contributed by atoms with Crippen molar-refractivity contribution >= 4 is 11.6 Å². The number of hydrogen-bond donors (Lipinski definition) is 3. The number of carbonyl (C=O) groups is 1.